The fourth-order valence-electron chi connectivity index (χ4n) is 6.15. The van der Waals surface area contributed by atoms with Crippen molar-refractivity contribution in [3.8, 4) is 11.5 Å². The maximum atomic E-state index is 14.2. The predicted molar refractivity (Wildman–Crippen MR) is 164 cm³/mol. The summed E-state index contributed by atoms with van der Waals surface area (Å²) in [6, 6.07) is 33.7. The molecule has 44 heavy (non-hydrogen) atoms. The number of nitrogens with zero attached hydrogens (tertiary/aromatic N) is 2. The zero-order chi connectivity index (χ0) is 30.3. The summed E-state index contributed by atoms with van der Waals surface area (Å²) in [6.45, 7) is -0.00263. The number of carbonyl (C=O) groups is 2. The molecule has 3 aliphatic heterocycles. The van der Waals surface area contributed by atoms with Gasteiger partial charge < -0.3 is 18.9 Å². The molecule has 0 bridgehead atoms. The molecule has 1 fully saturated rings. The summed E-state index contributed by atoms with van der Waals surface area (Å²) in [6.07, 6.45) is 3.01. The van der Waals surface area contributed by atoms with Crippen LogP contribution in [0.5, 0.6) is 11.5 Å². The normalized spacial score (nSPS) is 22.5. The van der Waals surface area contributed by atoms with Gasteiger partial charge in [0, 0.05) is 34.4 Å². The molecule has 0 radical (unpaired) electrons. The van der Waals surface area contributed by atoms with Crippen molar-refractivity contribution in [1.29, 1.82) is 0 Å². The maximum Gasteiger partial charge on any atom is 0.253 e. The lowest BCUT2D eigenvalue weighted by molar-refractivity contribution is -0.248. The van der Waals surface area contributed by atoms with Crippen LogP contribution in [0.2, 0.25) is 0 Å². The molecule has 1 saturated heterocycles. The highest BCUT2D eigenvalue weighted by Gasteiger charge is 2.62. The SMILES string of the molecule is COc1ccc(C23CN4C(=O)C=C(c5ccccc5)OC4(c4ccc(OC)cc4)CN2C(=O)C=C(c2ccccc2)O3)cc1. The summed E-state index contributed by atoms with van der Waals surface area (Å²) < 4.78 is 24.5. The van der Waals surface area contributed by atoms with Gasteiger partial charge in [-0.25, -0.2) is 0 Å². The molecular formula is C36H30N2O6. The topological polar surface area (TPSA) is 77.5 Å². The average Bonchev–Trinajstić information content (AvgIpc) is 3.08. The fourth-order valence-corrected chi connectivity index (χ4v) is 6.15. The number of benzene rings is 4. The minimum Gasteiger partial charge on any atom is -0.497 e. The summed E-state index contributed by atoms with van der Waals surface area (Å²) in [4.78, 5) is 31.8. The molecule has 2 amide bonds. The Morgan fingerprint density at radius 1 is 0.545 bits per heavy atom. The summed E-state index contributed by atoms with van der Waals surface area (Å²) in [5.41, 5.74) is 0.206. The molecule has 0 aliphatic carbocycles. The lowest BCUT2D eigenvalue weighted by Crippen LogP contribution is -2.73. The fraction of sp³-hybridized carbons (Fsp3) is 0.167. The zero-order valence-electron chi connectivity index (χ0n) is 24.3. The monoisotopic (exact) mass is 586 g/mol. The van der Waals surface area contributed by atoms with Crippen LogP contribution in [0.4, 0.5) is 0 Å². The van der Waals surface area contributed by atoms with Gasteiger partial charge in [-0.05, 0) is 48.5 Å². The molecule has 8 heteroatoms. The van der Waals surface area contributed by atoms with Crippen molar-refractivity contribution in [2.75, 3.05) is 27.3 Å². The molecule has 0 saturated carbocycles. The molecule has 7 rings (SSSR count). The molecule has 2 unspecified atom stereocenters. The smallest absolute Gasteiger partial charge is 0.253 e. The molecule has 3 heterocycles. The molecule has 3 aliphatic rings. The number of hydrogen-bond acceptors (Lipinski definition) is 6. The first-order chi connectivity index (χ1) is 21.5. The third kappa shape index (κ3) is 4.38. The van der Waals surface area contributed by atoms with Crippen molar-refractivity contribution in [3.63, 3.8) is 0 Å². The average molecular weight is 587 g/mol. The van der Waals surface area contributed by atoms with Crippen LogP contribution in [-0.2, 0) is 30.5 Å². The van der Waals surface area contributed by atoms with Crippen molar-refractivity contribution < 1.29 is 28.5 Å². The van der Waals surface area contributed by atoms with Crippen LogP contribution in [0.1, 0.15) is 22.3 Å². The van der Waals surface area contributed by atoms with E-state index in [9.17, 15) is 9.59 Å². The second-order valence-corrected chi connectivity index (χ2v) is 10.8. The molecule has 8 nitrogen and oxygen atoms in total. The Morgan fingerprint density at radius 3 is 1.25 bits per heavy atom. The highest BCUT2D eigenvalue weighted by molar-refractivity contribution is 5.98. The molecule has 0 aromatic heterocycles. The van der Waals surface area contributed by atoms with Gasteiger partial charge >= 0.3 is 0 Å². The third-order valence-electron chi connectivity index (χ3n) is 8.41. The van der Waals surface area contributed by atoms with Crippen molar-refractivity contribution in [1.82, 2.24) is 9.80 Å². The van der Waals surface area contributed by atoms with Gasteiger partial charge in [-0.3, -0.25) is 19.4 Å². The van der Waals surface area contributed by atoms with Gasteiger partial charge in [0.2, 0.25) is 11.4 Å². The molecule has 0 spiro atoms. The van der Waals surface area contributed by atoms with Gasteiger partial charge in [0.05, 0.1) is 27.3 Å². The lowest BCUT2D eigenvalue weighted by Gasteiger charge is -2.59. The second-order valence-electron chi connectivity index (χ2n) is 10.8. The summed E-state index contributed by atoms with van der Waals surface area (Å²) in [5.74, 6) is 1.65. The first-order valence-electron chi connectivity index (χ1n) is 14.3. The third-order valence-corrected chi connectivity index (χ3v) is 8.41. The van der Waals surface area contributed by atoms with Gasteiger partial charge in [-0.2, -0.15) is 0 Å². The summed E-state index contributed by atoms with van der Waals surface area (Å²) in [7, 11) is 3.20. The number of piperazine rings is 1. The number of fused-ring (bicyclic) bond motifs is 2. The van der Waals surface area contributed by atoms with E-state index in [-0.39, 0.29) is 24.9 Å². The van der Waals surface area contributed by atoms with Gasteiger partial charge in [0.15, 0.2) is 0 Å². The first kappa shape index (κ1) is 27.3. The first-order valence-corrected chi connectivity index (χ1v) is 14.3. The van der Waals surface area contributed by atoms with Crippen LogP contribution >= 0.6 is 0 Å². The summed E-state index contributed by atoms with van der Waals surface area (Å²) >= 11 is 0. The quantitative estimate of drug-likeness (QED) is 0.296. The largest absolute Gasteiger partial charge is 0.497 e. The Hall–Kier alpha value is -5.50. The van der Waals surface area contributed by atoms with E-state index in [1.54, 1.807) is 24.0 Å². The minimum atomic E-state index is -1.35. The molecule has 0 N–H and O–H groups in total. The van der Waals surface area contributed by atoms with Gasteiger partial charge in [0.1, 0.15) is 23.0 Å². The van der Waals surface area contributed by atoms with Gasteiger partial charge in [-0.15, -0.1) is 0 Å². The highest BCUT2D eigenvalue weighted by Crippen LogP contribution is 2.51. The number of ether oxygens (including phenoxy) is 4. The number of methoxy groups -OCH3 is 2. The Balaban J connectivity index is 1.42. The van der Waals surface area contributed by atoms with E-state index >= 15 is 0 Å². The molecule has 2 atom stereocenters. The van der Waals surface area contributed by atoms with E-state index in [1.165, 1.54) is 12.2 Å². The highest BCUT2D eigenvalue weighted by atomic mass is 16.5. The molecule has 4 aromatic rings. The predicted octanol–water partition coefficient (Wildman–Crippen LogP) is 5.52. The van der Waals surface area contributed by atoms with E-state index in [0.29, 0.717) is 34.1 Å². The standard InChI is InChI=1S/C36H30N2O6/c1-41-29-17-13-27(14-18-29)35-23-38-34(40)22-32(26-11-7-4-8-12-26)44-36(38,28-15-19-30(42-2)20-16-28)24-37(35)33(39)21-31(43-35)25-9-5-3-6-10-25/h3-22H,23-24H2,1-2H3. The van der Waals surface area contributed by atoms with E-state index in [0.717, 1.165) is 11.1 Å². The number of rotatable bonds is 6. The van der Waals surface area contributed by atoms with Crippen LogP contribution in [0, 0.1) is 0 Å². The van der Waals surface area contributed by atoms with Crippen molar-refractivity contribution >= 4 is 23.3 Å². The minimum absolute atomic E-state index is 0.00131. The number of amides is 2. The van der Waals surface area contributed by atoms with E-state index < -0.39 is 11.4 Å². The molecule has 220 valence electrons. The van der Waals surface area contributed by atoms with Crippen LogP contribution in [0.25, 0.3) is 11.5 Å². The number of carbonyl (C=O) groups excluding carboxylic acids is 2. The van der Waals surface area contributed by atoms with Crippen molar-refractivity contribution in [2.45, 2.75) is 11.4 Å². The van der Waals surface area contributed by atoms with E-state index in [4.69, 9.17) is 18.9 Å². The molecule has 4 aromatic carbocycles. The van der Waals surface area contributed by atoms with Crippen LogP contribution < -0.4 is 9.47 Å². The summed E-state index contributed by atoms with van der Waals surface area (Å²) in [5, 5.41) is 0. The van der Waals surface area contributed by atoms with E-state index in [2.05, 4.69) is 0 Å². The Kier molecular flexibility index (Phi) is 6.62. The van der Waals surface area contributed by atoms with Crippen molar-refractivity contribution in [2.24, 2.45) is 0 Å². The Morgan fingerprint density at radius 2 is 0.909 bits per heavy atom. The van der Waals surface area contributed by atoms with Crippen LogP contribution in [-0.4, -0.2) is 48.9 Å². The van der Waals surface area contributed by atoms with Gasteiger partial charge in [0.25, 0.3) is 11.8 Å². The zero-order valence-corrected chi connectivity index (χ0v) is 24.3. The van der Waals surface area contributed by atoms with Crippen molar-refractivity contribution in [3.05, 3.63) is 144 Å². The maximum absolute atomic E-state index is 14.2. The second kappa shape index (κ2) is 10.6. The molecular weight excluding hydrogens is 556 g/mol. The Labute approximate surface area is 255 Å². The van der Waals surface area contributed by atoms with Crippen LogP contribution in [0.3, 0.4) is 0 Å². The Bertz CT molecular complexity index is 1640. The lowest BCUT2D eigenvalue weighted by atomic mass is 9.87. The van der Waals surface area contributed by atoms with Crippen LogP contribution in [0.15, 0.2) is 121 Å². The van der Waals surface area contributed by atoms with E-state index in [1.807, 2.05) is 109 Å². The van der Waals surface area contributed by atoms with Gasteiger partial charge in [-0.1, -0.05) is 60.7 Å². The number of hydrogen-bond donors (Lipinski definition) is 0.